The Morgan fingerprint density at radius 1 is 0.750 bits per heavy atom. The van der Waals surface area contributed by atoms with Gasteiger partial charge in [-0.05, 0) is 12.8 Å². The Morgan fingerprint density at radius 3 is 1.80 bits per heavy atom. The number of hydrogen-bond donors (Lipinski definition) is 1. The Labute approximate surface area is 131 Å². The van der Waals surface area contributed by atoms with Crippen molar-refractivity contribution in [1.29, 1.82) is 0 Å². The maximum absolute atomic E-state index is 11.4. The average Bonchev–Trinajstić information content (AvgIpc) is 2.46. The molecule has 0 aliphatic carbocycles. The van der Waals surface area contributed by atoms with Crippen LogP contribution >= 0.6 is 11.9 Å². The molecule has 0 aromatic rings. The van der Waals surface area contributed by atoms with Crippen LogP contribution in [0.15, 0.2) is 0 Å². The van der Waals surface area contributed by atoms with E-state index in [1.807, 2.05) is 0 Å². The van der Waals surface area contributed by atoms with Crippen molar-refractivity contribution in [3.63, 3.8) is 0 Å². The highest BCUT2D eigenvalue weighted by Gasteiger charge is 1.99. The highest BCUT2D eigenvalue weighted by Crippen LogP contribution is 2.11. The van der Waals surface area contributed by atoms with Gasteiger partial charge in [0.2, 0.25) is 5.91 Å². The molecule has 0 aromatic heterocycles. The van der Waals surface area contributed by atoms with Crippen LogP contribution < -0.4 is 4.72 Å². The Morgan fingerprint density at radius 2 is 1.25 bits per heavy atom. The molecule has 0 atom stereocenters. The smallest absolute Gasteiger partial charge is 0.229 e. The second-order valence-corrected chi connectivity index (χ2v) is 6.56. The van der Waals surface area contributed by atoms with Crippen LogP contribution in [0.3, 0.4) is 0 Å². The zero-order chi connectivity index (χ0) is 14.9. The van der Waals surface area contributed by atoms with Crippen LogP contribution in [0.1, 0.15) is 97.3 Å². The number of amides is 1. The largest absolute Gasteiger partial charge is 0.300 e. The molecule has 0 spiro atoms. The summed E-state index contributed by atoms with van der Waals surface area (Å²) in [6.45, 7) is 4.38. The third-order valence-corrected chi connectivity index (χ3v) is 4.41. The summed E-state index contributed by atoms with van der Waals surface area (Å²) in [5, 5.41) is 0. The summed E-state index contributed by atoms with van der Waals surface area (Å²) >= 11 is 1.59. The molecule has 2 nitrogen and oxygen atoms in total. The predicted molar refractivity (Wildman–Crippen MR) is 92.0 cm³/mol. The van der Waals surface area contributed by atoms with E-state index >= 15 is 0 Å². The normalized spacial score (nSPS) is 10.7. The first kappa shape index (κ1) is 19.8. The van der Waals surface area contributed by atoms with Crippen LogP contribution in [0.5, 0.6) is 0 Å². The quantitative estimate of drug-likeness (QED) is 0.303. The molecule has 0 aromatic carbocycles. The molecule has 0 bridgehead atoms. The third kappa shape index (κ3) is 15.9. The lowest BCUT2D eigenvalue weighted by Gasteiger charge is -2.04. The van der Waals surface area contributed by atoms with Crippen molar-refractivity contribution in [3.8, 4) is 0 Å². The van der Waals surface area contributed by atoms with Gasteiger partial charge in [-0.3, -0.25) is 4.79 Å². The van der Waals surface area contributed by atoms with Crippen LogP contribution in [0.25, 0.3) is 0 Å². The predicted octanol–water partition coefficient (Wildman–Crippen LogP) is 5.86. The lowest BCUT2D eigenvalue weighted by molar-refractivity contribution is -0.119. The fourth-order valence-electron chi connectivity index (χ4n) is 2.18. The van der Waals surface area contributed by atoms with Crippen molar-refractivity contribution in [3.05, 3.63) is 0 Å². The molecule has 1 amide bonds. The van der Waals surface area contributed by atoms with Crippen molar-refractivity contribution in [1.82, 2.24) is 4.72 Å². The summed E-state index contributed by atoms with van der Waals surface area (Å²) in [4.78, 5) is 11.4. The molecule has 0 rings (SSSR count). The van der Waals surface area contributed by atoms with E-state index in [0.29, 0.717) is 6.42 Å². The molecule has 20 heavy (non-hydrogen) atoms. The summed E-state index contributed by atoms with van der Waals surface area (Å²) in [5.74, 6) is 1.26. The molecular formula is C17H35NOS. The molecule has 0 unspecified atom stereocenters. The Bertz CT molecular complexity index is 209. The highest BCUT2D eigenvalue weighted by molar-refractivity contribution is 7.97. The maximum Gasteiger partial charge on any atom is 0.229 e. The van der Waals surface area contributed by atoms with Crippen molar-refractivity contribution < 1.29 is 4.79 Å². The number of carbonyl (C=O) groups excluding carboxylic acids is 1. The van der Waals surface area contributed by atoms with Gasteiger partial charge in [0.15, 0.2) is 0 Å². The zero-order valence-electron chi connectivity index (χ0n) is 13.7. The molecule has 0 fully saturated rings. The molecule has 0 aliphatic heterocycles. The fraction of sp³-hybridized carbons (Fsp3) is 0.941. The zero-order valence-corrected chi connectivity index (χ0v) is 14.5. The van der Waals surface area contributed by atoms with Gasteiger partial charge in [0.05, 0.1) is 0 Å². The van der Waals surface area contributed by atoms with Gasteiger partial charge in [-0.25, -0.2) is 0 Å². The maximum atomic E-state index is 11.4. The third-order valence-electron chi connectivity index (χ3n) is 3.54. The Hall–Kier alpha value is -0.180. The molecule has 3 heteroatoms. The van der Waals surface area contributed by atoms with Gasteiger partial charge in [0.25, 0.3) is 0 Å². The number of rotatable bonds is 15. The van der Waals surface area contributed by atoms with Gasteiger partial charge in [0.1, 0.15) is 0 Å². The highest BCUT2D eigenvalue weighted by atomic mass is 32.2. The molecule has 0 saturated heterocycles. The van der Waals surface area contributed by atoms with Crippen LogP contribution in [-0.2, 0) is 4.79 Å². The number of nitrogens with one attached hydrogen (secondary N) is 1. The van der Waals surface area contributed by atoms with E-state index in [1.54, 1.807) is 11.9 Å². The number of unbranched alkanes of at least 4 members (excludes halogenated alkanes) is 10. The molecule has 0 saturated carbocycles. The van der Waals surface area contributed by atoms with Gasteiger partial charge in [0, 0.05) is 12.2 Å². The fourth-order valence-corrected chi connectivity index (χ4v) is 2.90. The van der Waals surface area contributed by atoms with Gasteiger partial charge in [-0.2, -0.15) is 0 Å². The monoisotopic (exact) mass is 301 g/mol. The molecule has 1 N–H and O–H groups in total. The Balaban J connectivity index is 3.04. The SMILES string of the molecule is CCCCCCCCCCCCSNC(=O)CCCC. The second kappa shape index (κ2) is 16.9. The molecular weight excluding hydrogens is 266 g/mol. The van der Waals surface area contributed by atoms with E-state index in [1.165, 1.54) is 64.2 Å². The minimum absolute atomic E-state index is 0.198. The summed E-state index contributed by atoms with van der Waals surface area (Å²) in [6, 6.07) is 0. The van der Waals surface area contributed by atoms with Crippen molar-refractivity contribution >= 4 is 17.9 Å². The Kier molecular flexibility index (Phi) is 16.7. The van der Waals surface area contributed by atoms with E-state index < -0.39 is 0 Å². The number of hydrogen-bond acceptors (Lipinski definition) is 2. The van der Waals surface area contributed by atoms with E-state index in [2.05, 4.69) is 18.6 Å². The van der Waals surface area contributed by atoms with Crippen LogP contribution in [0, 0.1) is 0 Å². The second-order valence-electron chi connectivity index (χ2n) is 5.66. The van der Waals surface area contributed by atoms with Gasteiger partial charge in [-0.1, -0.05) is 90.0 Å². The molecule has 0 radical (unpaired) electrons. The molecule has 0 heterocycles. The van der Waals surface area contributed by atoms with Crippen molar-refractivity contribution in [2.45, 2.75) is 97.3 Å². The van der Waals surface area contributed by atoms with Crippen LogP contribution in [0.2, 0.25) is 0 Å². The summed E-state index contributed by atoms with van der Waals surface area (Å²) in [6.07, 6.45) is 16.5. The standard InChI is InChI=1S/C17H35NOS/c1-3-5-7-8-9-10-11-12-13-14-16-20-18-17(19)15-6-4-2/h3-16H2,1-2H3,(H,18,19). The summed E-state index contributed by atoms with van der Waals surface area (Å²) in [5.41, 5.74) is 0. The van der Waals surface area contributed by atoms with Crippen LogP contribution in [0.4, 0.5) is 0 Å². The lowest BCUT2D eigenvalue weighted by atomic mass is 10.1. The average molecular weight is 302 g/mol. The van der Waals surface area contributed by atoms with Gasteiger partial charge < -0.3 is 4.72 Å². The minimum atomic E-state index is 0.198. The molecule has 0 aliphatic rings. The van der Waals surface area contributed by atoms with E-state index in [0.717, 1.165) is 18.6 Å². The van der Waals surface area contributed by atoms with Crippen LogP contribution in [-0.4, -0.2) is 11.7 Å². The summed E-state index contributed by atoms with van der Waals surface area (Å²) < 4.78 is 2.93. The van der Waals surface area contributed by atoms with E-state index in [4.69, 9.17) is 0 Å². The van der Waals surface area contributed by atoms with Gasteiger partial charge in [-0.15, -0.1) is 0 Å². The first-order chi connectivity index (χ1) is 9.81. The number of carbonyl (C=O) groups is 1. The topological polar surface area (TPSA) is 29.1 Å². The van der Waals surface area contributed by atoms with E-state index in [9.17, 15) is 4.79 Å². The minimum Gasteiger partial charge on any atom is -0.300 e. The van der Waals surface area contributed by atoms with E-state index in [-0.39, 0.29) is 5.91 Å². The van der Waals surface area contributed by atoms with Crippen molar-refractivity contribution in [2.75, 3.05) is 5.75 Å². The summed E-state index contributed by atoms with van der Waals surface area (Å²) in [7, 11) is 0. The first-order valence-electron chi connectivity index (χ1n) is 8.71. The first-order valence-corrected chi connectivity index (χ1v) is 9.70. The van der Waals surface area contributed by atoms with Gasteiger partial charge >= 0.3 is 0 Å². The van der Waals surface area contributed by atoms with Crippen molar-refractivity contribution in [2.24, 2.45) is 0 Å². The lowest BCUT2D eigenvalue weighted by Crippen LogP contribution is -2.15. The molecule has 120 valence electrons.